The molecule has 0 spiro atoms. The van der Waals surface area contributed by atoms with E-state index in [9.17, 15) is 0 Å². The van der Waals surface area contributed by atoms with Crippen molar-refractivity contribution in [3.05, 3.63) is 47.6 Å². The molecule has 3 aromatic rings. The van der Waals surface area contributed by atoms with Crippen LogP contribution in [0.1, 0.15) is 32.0 Å². The molecule has 0 saturated carbocycles. The van der Waals surface area contributed by atoms with Crippen molar-refractivity contribution in [1.29, 1.82) is 0 Å². The summed E-state index contributed by atoms with van der Waals surface area (Å²) in [6.45, 7) is 7.07. The van der Waals surface area contributed by atoms with E-state index >= 15 is 0 Å². The van der Waals surface area contributed by atoms with Crippen LogP contribution in [0.4, 0.5) is 5.69 Å². The van der Waals surface area contributed by atoms with Gasteiger partial charge in [0, 0.05) is 23.8 Å². The SMILES string of the molecule is CCN(CC)C(CCNc1cccc2[nH]ncc12)c1ccnc(Cl)n1. The molecule has 7 heteroatoms. The lowest BCUT2D eigenvalue weighted by Crippen LogP contribution is -2.30. The van der Waals surface area contributed by atoms with Gasteiger partial charge in [0.05, 0.1) is 23.4 Å². The van der Waals surface area contributed by atoms with Gasteiger partial charge in [-0.3, -0.25) is 10.00 Å². The molecule has 2 heterocycles. The molecule has 0 fully saturated rings. The number of H-pyrrole nitrogens is 1. The average molecular weight is 359 g/mol. The third-order valence-electron chi connectivity index (χ3n) is 4.46. The number of aromatic nitrogens is 4. The Bertz CT molecular complexity index is 814. The van der Waals surface area contributed by atoms with Crippen LogP contribution in [0.2, 0.25) is 5.28 Å². The molecule has 6 nitrogen and oxygen atoms in total. The Morgan fingerprint density at radius 3 is 2.84 bits per heavy atom. The van der Waals surface area contributed by atoms with E-state index < -0.39 is 0 Å². The number of halogens is 1. The molecule has 0 bridgehead atoms. The number of rotatable bonds is 8. The van der Waals surface area contributed by atoms with Gasteiger partial charge in [-0.1, -0.05) is 19.9 Å². The Kier molecular flexibility index (Phi) is 5.83. The van der Waals surface area contributed by atoms with Crippen LogP contribution in [-0.4, -0.2) is 44.7 Å². The quantitative estimate of drug-likeness (QED) is 0.598. The summed E-state index contributed by atoms with van der Waals surface area (Å²) in [4.78, 5) is 10.8. The lowest BCUT2D eigenvalue weighted by Gasteiger charge is -2.29. The molecule has 0 aliphatic carbocycles. The van der Waals surface area contributed by atoms with Crippen LogP contribution >= 0.6 is 11.6 Å². The van der Waals surface area contributed by atoms with Crippen molar-refractivity contribution < 1.29 is 0 Å². The molecule has 1 aromatic carbocycles. The van der Waals surface area contributed by atoms with Crippen molar-refractivity contribution in [2.24, 2.45) is 0 Å². The van der Waals surface area contributed by atoms with Crippen LogP contribution in [-0.2, 0) is 0 Å². The molecule has 25 heavy (non-hydrogen) atoms. The summed E-state index contributed by atoms with van der Waals surface area (Å²) in [6.07, 6.45) is 4.49. The lowest BCUT2D eigenvalue weighted by atomic mass is 10.1. The number of fused-ring (bicyclic) bond motifs is 1. The van der Waals surface area contributed by atoms with Crippen molar-refractivity contribution in [1.82, 2.24) is 25.1 Å². The van der Waals surface area contributed by atoms with Crippen LogP contribution in [0.15, 0.2) is 36.7 Å². The maximum absolute atomic E-state index is 6.00. The fourth-order valence-corrected chi connectivity index (χ4v) is 3.34. The highest BCUT2D eigenvalue weighted by atomic mass is 35.5. The first kappa shape index (κ1) is 17.6. The van der Waals surface area contributed by atoms with Crippen molar-refractivity contribution >= 4 is 28.2 Å². The minimum atomic E-state index is 0.201. The smallest absolute Gasteiger partial charge is 0.222 e. The van der Waals surface area contributed by atoms with Gasteiger partial charge in [0.2, 0.25) is 5.28 Å². The molecule has 0 amide bonds. The van der Waals surface area contributed by atoms with Gasteiger partial charge in [-0.05, 0) is 49.3 Å². The third kappa shape index (κ3) is 4.08. The molecular formula is C18H23ClN6. The molecule has 1 atom stereocenters. The highest BCUT2D eigenvalue weighted by Crippen LogP contribution is 2.25. The van der Waals surface area contributed by atoms with E-state index in [0.29, 0.717) is 5.28 Å². The van der Waals surface area contributed by atoms with Crippen molar-refractivity contribution in [3.8, 4) is 0 Å². The first-order valence-corrected chi connectivity index (χ1v) is 8.99. The minimum absolute atomic E-state index is 0.201. The van der Waals surface area contributed by atoms with Gasteiger partial charge >= 0.3 is 0 Å². The fourth-order valence-electron chi connectivity index (χ4n) is 3.18. The molecule has 2 N–H and O–H groups in total. The number of nitrogens with zero attached hydrogens (tertiary/aromatic N) is 4. The predicted molar refractivity (Wildman–Crippen MR) is 102 cm³/mol. The molecule has 3 rings (SSSR count). The Morgan fingerprint density at radius 1 is 1.24 bits per heavy atom. The number of hydrogen-bond donors (Lipinski definition) is 2. The minimum Gasteiger partial charge on any atom is -0.384 e. The summed E-state index contributed by atoms with van der Waals surface area (Å²) in [5.41, 5.74) is 3.09. The highest BCUT2D eigenvalue weighted by Gasteiger charge is 2.19. The van der Waals surface area contributed by atoms with Crippen LogP contribution in [0, 0.1) is 0 Å². The van der Waals surface area contributed by atoms with Crippen LogP contribution in [0.3, 0.4) is 0 Å². The molecule has 0 radical (unpaired) electrons. The van der Waals surface area contributed by atoms with Crippen LogP contribution < -0.4 is 5.32 Å². The molecule has 132 valence electrons. The van der Waals surface area contributed by atoms with E-state index in [4.69, 9.17) is 11.6 Å². The first-order valence-electron chi connectivity index (χ1n) is 8.61. The number of aromatic amines is 1. The van der Waals surface area contributed by atoms with E-state index in [1.165, 1.54) is 0 Å². The maximum atomic E-state index is 6.00. The zero-order valence-corrected chi connectivity index (χ0v) is 15.3. The summed E-state index contributed by atoms with van der Waals surface area (Å²) < 4.78 is 0. The second-order valence-corrected chi connectivity index (χ2v) is 6.18. The standard InChI is InChI=1S/C18H23ClN6/c1-3-25(4-2)17(16-8-10-21-18(19)23-16)9-11-20-14-6-5-7-15-13(14)12-22-24-15/h5-8,10,12,17,20H,3-4,9,11H2,1-2H3,(H,22,24). The maximum Gasteiger partial charge on any atom is 0.222 e. The molecule has 0 aliphatic heterocycles. The lowest BCUT2D eigenvalue weighted by molar-refractivity contribution is 0.207. The summed E-state index contributed by atoms with van der Waals surface area (Å²) in [6, 6.07) is 8.27. The number of benzene rings is 1. The number of hydrogen-bond acceptors (Lipinski definition) is 5. The summed E-state index contributed by atoms with van der Waals surface area (Å²) in [5.74, 6) is 0. The van der Waals surface area contributed by atoms with Gasteiger partial charge in [-0.25, -0.2) is 9.97 Å². The Balaban J connectivity index is 1.73. The molecule has 1 unspecified atom stereocenters. The Morgan fingerprint density at radius 2 is 2.08 bits per heavy atom. The topological polar surface area (TPSA) is 69.7 Å². The van der Waals surface area contributed by atoms with E-state index in [-0.39, 0.29) is 6.04 Å². The summed E-state index contributed by atoms with van der Waals surface area (Å²) in [7, 11) is 0. The average Bonchev–Trinajstić information content (AvgIpc) is 3.11. The number of anilines is 1. The molecular weight excluding hydrogens is 336 g/mol. The van der Waals surface area contributed by atoms with Crippen molar-refractivity contribution in [2.75, 3.05) is 25.0 Å². The zero-order chi connectivity index (χ0) is 17.6. The van der Waals surface area contributed by atoms with E-state index in [1.54, 1.807) is 6.20 Å². The van der Waals surface area contributed by atoms with Gasteiger partial charge in [-0.15, -0.1) is 0 Å². The largest absolute Gasteiger partial charge is 0.384 e. The van der Waals surface area contributed by atoms with Gasteiger partial charge < -0.3 is 5.32 Å². The molecule has 0 aliphatic rings. The summed E-state index contributed by atoms with van der Waals surface area (Å²) >= 11 is 6.00. The van der Waals surface area contributed by atoms with Gasteiger partial charge in [0.25, 0.3) is 0 Å². The fraction of sp³-hybridized carbons (Fsp3) is 0.389. The Labute approximate surface area is 152 Å². The van der Waals surface area contributed by atoms with Crippen molar-refractivity contribution in [3.63, 3.8) is 0 Å². The van der Waals surface area contributed by atoms with E-state index in [0.717, 1.165) is 48.3 Å². The summed E-state index contributed by atoms with van der Waals surface area (Å²) in [5, 5.41) is 12.0. The molecule has 2 aromatic heterocycles. The third-order valence-corrected chi connectivity index (χ3v) is 4.64. The zero-order valence-electron chi connectivity index (χ0n) is 14.5. The van der Waals surface area contributed by atoms with Gasteiger partial charge in [-0.2, -0.15) is 5.10 Å². The van der Waals surface area contributed by atoms with E-state index in [2.05, 4.69) is 50.3 Å². The monoisotopic (exact) mass is 358 g/mol. The van der Waals surface area contributed by atoms with Crippen LogP contribution in [0.25, 0.3) is 10.9 Å². The second kappa shape index (κ2) is 8.27. The van der Waals surface area contributed by atoms with Gasteiger partial charge in [0.1, 0.15) is 0 Å². The van der Waals surface area contributed by atoms with Gasteiger partial charge in [0.15, 0.2) is 0 Å². The van der Waals surface area contributed by atoms with Crippen LogP contribution in [0.5, 0.6) is 0 Å². The van der Waals surface area contributed by atoms with E-state index in [1.807, 2.05) is 24.4 Å². The molecule has 0 saturated heterocycles. The predicted octanol–water partition coefficient (Wildman–Crippen LogP) is 3.89. The second-order valence-electron chi connectivity index (χ2n) is 5.84. The highest BCUT2D eigenvalue weighted by molar-refractivity contribution is 6.28. The number of nitrogens with one attached hydrogen (secondary N) is 2. The normalized spacial score (nSPS) is 12.6. The van der Waals surface area contributed by atoms with Crippen molar-refractivity contribution in [2.45, 2.75) is 26.3 Å². The first-order chi connectivity index (χ1) is 12.2. The Hall–Kier alpha value is -2.18.